The second-order valence-corrected chi connectivity index (χ2v) is 7.85. The number of aromatic nitrogens is 2. The molecule has 2 amide bonds. The predicted octanol–water partition coefficient (Wildman–Crippen LogP) is -0.341. The van der Waals surface area contributed by atoms with Crippen molar-refractivity contribution < 1.29 is 29.4 Å². The first-order valence-corrected chi connectivity index (χ1v) is 10.6. The molecule has 2 atom stereocenters. The summed E-state index contributed by atoms with van der Waals surface area (Å²) in [4.78, 5) is 65.8. The smallest absolute Gasteiger partial charge is 0.305 e. The van der Waals surface area contributed by atoms with Crippen LogP contribution in [-0.4, -0.2) is 69.6 Å². The molecule has 14 nitrogen and oxygen atoms in total. The van der Waals surface area contributed by atoms with Crippen LogP contribution in [0.2, 0.25) is 0 Å². The van der Waals surface area contributed by atoms with Crippen molar-refractivity contribution in [1.29, 1.82) is 0 Å². The molecule has 1 aliphatic heterocycles. The van der Waals surface area contributed by atoms with Crippen molar-refractivity contribution in [3.63, 3.8) is 0 Å². The number of nitrogens with two attached hydrogens (primary N) is 1. The van der Waals surface area contributed by atoms with Crippen LogP contribution in [0.25, 0.3) is 0 Å². The number of hydrogen-bond acceptors (Lipinski definition) is 9. The fraction of sp³-hybridized carbons (Fsp3) is 0.333. The Labute approximate surface area is 198 Å². The SMILES string of the molecule is Nc1nc2c(c(=O)[nH]1)N(C=O)C(CNc1ccc(C(=O)NC(CCC(=O)O)CC(=O)O)cc1)CN2. The summed E-state index contributed by atoms with van der Waals surface area (Å²) in [6.07, 6.45) is -0.127. The molecule has 0 saturated carbocycles. The fourth-order valence-electron chi connectivity index (χ4n) is 3.63. The number of carbonyl (C=O) groups excluding carboxylic acids is 2. The Hall–Kier alpha value is -4.62. The second-order valence-electron chi connectivity index (χ2n) is 7.85. The van der Waals surface area contributed by atoms with Crippen LogP contribution in [0.3, 0.4) is 0 Å². The first-order chi connectivity index (χ1) is 16.7. The van der Waals surface area contributed by atoms with Crippen LogP contribution in [0.15, 0.2) is 29.1 Å². The zero-order chi connectivity index (χ0) is 25.5. The standard InChI is InChI=1S/C21H25N7O7/c22-21-26-18-17(20(35)27-21)28(10-29)14(9-24-18)8-23-12-3-1-11(2-4-12)19(34)25-13(7-16(32)33)5-6-15(30)31/h1-4,10,13-14,23H,5-9H2,(H,25,34)(H,30,31)(H,32,33)(H4,22,24,26,27,35). The molecule has 0 spiro atoms. The molecule has 1 aromatic carbocycles. The van der Waals surface area contributed by atoms with Gasteiger partial charge >= 0.3 is 11.9 Å². The topological polar surface area (TPSA) is 220 Å². The van der Waals surface area contributed by atoms with Crippen LogP contribution in [0.4, 0.5) is 23.1 Å². The summed E-state index contributed by atoms with van der Waals surface area (Å²) in [7, 11) is 0. The van der Waals surface area contributed by atoms with E-state index in [4.69, 9.17) is 15.9 Å². The first kappa shape index (κ1) is 25.0. The van der Waals surface area contributed by atoms with E-state index in [2.05, 4.69) is 25.9 Å². The van der Waals surface area contributed by atoms with Gasteiger partial charge in [-0.25, -0.2) is 0 Å². The molecule has 2 heterocycles. The first-order valence-electron chi connectivity index (χ1n) is 10.6. The van der Waals surface area contributed by atoms with Crippen molar-refractivity contribution in [3.05, 3.63) is 40.2 Å². The van der Waals surface area contributed by atoms with Crippen LogP contribution >= 0.6 is 0 Å². The molecule has 35 heavy (non-hydrogen) atoms. The average Bonchev–Trinajstić information content (AvgIpc) is 2.80. The van der Waals surface area contributed by atoms with E-state index >= 15 is 0 Å². The van der Waals surface area contributed by atoms with Gasteiger partial charge in [0.15, 0.2) is 11.5 Å². The Bertz CT molecular complexity index is 1170. The number of hydrogen-bond donors (Lipinski definition) is 7. The molecular weight excluding hydrogens is 462 g/mol. The molecule has 8 N–H and O–H groups in total. The number of anilines is 4. The van der Waals surface area contributed by atoms with Gasteiger partial charge in [0.1, 0.15) is 0 Å². The number of amides is 2. The van der Waals surface area contributed by atoms with Gasteiger partial charge in [0.25, 0.3) is 11.5 Å². The van der Waals surface area contributed by atoms with Gasteiger partial charge in [-0.15, -0.1) is 0 Å². The molecule has 14 heteroatoms. The van der Waals surface area contributed by atoms with E-state index in [-0.39, 0.29) is 42.4 Å². The number of nitrogens with one attached hydrogen (secondary N) is 4. The van der Waals surface area contributed by atoms with E-state index in [0.717, 1.165) is 0 Å². The van der Waals surface area contributed by atoms with E-state index in [1.807, 2.05) is 0 Å². The Morgan fingerprint density at radius 1 is 1.23 bits per heavy atom. The minimum atomic E-state index is -1.15. The van der Waals surface area contributed by atoms with E-state index in [0.29, 0.717) is 18.6 Å². The van der Waals surface area contributed by atoms with Gasteiger partial charge < -0.3 is 36.8 Å². The van der Waals surface area contributed by atoms with Crippen LogP contribution in [-0.2, 0) is 14.4 Å². The van der Waals surface area contributed by atoms with E-state index in [1.165, 1.54) is 17.0 Å². The molecule has 0 aliphatic carbocycles. The number of aromatic amines is 1. The van der Waals surface area contributed by atoms with Crippen molar-refractivity contribution in [2.45, 2.75) is 31.3 Å². The minimum Gasteiger partial charge on any atom is -0.481 e. The number of carboxylic acids is 2. The van der Waals surface area contributed by atoms with Crippen LogP contribution in [0.5, 0.6) is 0 Å². The number of benzene rings is 1. The molecule has 3 rings (SSSR count). The fourth-order valence-corrected chi connectivity index (χ4v) is 3.63. The van der Waals surface area contributed by atoms with E-state index < -0.39 is 41.9 Å². The molecule has 1 aliphatic rings. The van der Waals surface area contributed by atoms with Gasteiger partial charge in [-0.1, -0.05) is 0 Å². The third-order valence-corrected chi connectivity index (χ3v) is 5.34. The summed E-state index contributed by atoms with van der Waals surface area (Å²) in [6.45, 7) is 0.590. The normalized spacial score (nSPS) is 15.3. The zero-order valence-corrected chi connectivity index (χ0v) is 18.5. The lowest BCUT2D eigenvalue weighted by atomic mass is 10.1. The lowest BCUT2D eigenvalue weighted by Crippen LogP contribution is -2.50. The summed E-state index contributed by atoms with van der Waals surface area (Å²) in [5.41, 5.74) is 5.96. The quantitative estimate of drug-likeness (QED) is 0.203. The highest BCUT2D eigenvalue weighted by atomic mass is 16.4. The Morgan fingerprint density at radius 2 is 1.94 bits per heavy atom. The Morgan fingerprint density at radius 3 is 2.57 bits per heavy atom. The number of carboxylic acid groups (broad SMARTS) is 2. The maximum atomic E-state index is 12.5. The van der Waals surface area contributed by atoms with Crippen molar-refractivity contribution in [2.24, 2.45) is 0 Å². The lowest BCUT2D eigenvalue weighted by molar-refractivity contribution is -0.139. The number of aliphatic carboxylic acids is 2. The van der Waals surface area contributed by atoms with Crippen molar-refractivity contribution >= 4 is 47.4 Å². The highest BCUT2D eigenvalue weighted by Crippen LogP contribution is 2.25. The monoisotopic (exact) mass is 487 g/mol. The average molecular weight is 487 g/mol. The Kier molecular flexibility index (Phi) is 7.86. The van der Waals surface area contributed by atoms with Crippen molar-refractivity contribution in [3.8, 4) is 0 Å². The number of rotatable bonds is 11. The molecule has 2 unspecified atom stereocenters. The van der Waals surface area contributed by atoms with Gasteiger partial charge in [0, 0.05) is 36.8 Å². The minimum absolute atomic E-state index is 0.0102. The number of H-pyrrole nitrogens is 1. The summed E-state index contributed by atoms with van der Waals surface area (Å²) < 4.78 is 0. The maximum Gasteiger partial charge on any atom is 0.305 e. The molecule has 1 aromatic heterocycles. The molecule has 0 radical (unpaired) electrons. The molecular formula is C21H25N7O7. The molecule has 0 saturated heterocycles. The van der Waals surface area contributed by atoms with Gasteiger partial charge in [-0.05, 0) is 30.7 Å². The van der Waals surface area contributed by atoms with Crippen LogP contribution < -0.4 is 32.1 Å². The Balaban J connectivity index is 1.61. The van der Waals surface area contributed by atoms with Gasteiger partial charge in [-0.3, -0.25) is 29.0 Å². The van der Waals surface area contributed by atoms with Crippen LogP contribution in [0.1, 0.15) is 29.6 Å². The third-order valence-electron chi connectivity index (χ3n) is 5.34. The van der Waals surface area contributed by atoms with E-state index in [1.54, 1.807) is 12.1 Å². The van der Waals surface area contributed by atoms with Gasteiger partial charge in [0.05, 0.1) is 12.5 Å². The zero-order valence-electron chi connectivity index (χ0n) is 18.5. The van der Waals surface area contributed by atoms with Gasteiger partial charge in [0.2, 0.25) is 12.4 Å². The summed E-state index contributed by atoms with van der Waals surface area (Å²) >= 11 is 0. The van der Waals surface area contributed by atoms with Gasteiger partial charge in [-0.2, -0.15) is 4.98 Å². The molecule has 186 valence electrons. The number of nitrogen functional groups attached to an aromatic ring is 1. The highest BCUT2D eigenvalue weighted by Gasteiger charge is 2.29. The highest BCUT2D eigenvalue weighted by molar-refractivity contribution is 5.95. The maximum absolute atomic E-state index is 12.5. The van der Waals surface area contributed by atoms with E-state index in [9.17, 15) is 24.0 Å². The van der Waals surface area contributed by atoms with Crippen molar-refractivity contribution in [1.82, 2.24) is 15.3 Å². The molecule has 0 fully saturated rings. The summed E-state index contributed by atoms with van der Waals surface area (Å²) in [5, 5.41) is 26.5. The van der Waals surface area contributed by atoms with Crippen molar-refractivity contribution in [2.75, 3.05) is 34.4 Å². The lowest BCUT2D eigenvalue weighted by Gasteiger charge is -2.34. The number of nitrogens with zero attached hydrogens (tertiary/aromatic N) is 2. The second kappa shape index (κ2) is 11.0. The number of fused-ring (bicyclic) bond motifs is 1. The van der Waals surface area contributed by atoms with Crippen LogP contribution in [0, 0.1) is 0 Å². The summed E-state index contributed by atoms with van der Waals surface area (Å²) in [6, 6.07) is 5.07. The number of carbonyl (C=O) groups is 4. The molecule has 2 aromatic rings. The molecule has 0 bridgehead atoms. The largest absolute Gasteiger partial charge is 0.481 e. The summed E-state index contributed by atoms with van der Waals surface area (Å²) in [5.74, 6) is -2.61. The predicted molar refractivity (Wildman–Crippen MR) is 125 cm³/mol. The third kappa shape index (κ3) is 6.46.